The van der Waals surface area contributed by atoms with Gasteiger partial charge in [-0.2, -0.15) is 13.2 Å². The Bertz CT molecular complexity index is 463. The van der Waals surface area contributed by atoms with Gasteiger partial charge in [0.1, 0.15) is 0 Å². The van der Waals surface area contributed by atoms with E-state index in [1.165, 1.54) is 11.3 Å². The number of aliphatic hydroxyl groups is 1. The van der Waals surface area contributed by atoms with Crippen LogP contribution in [0.5, 0.6) is 0 Å². The predicted octanol–water partition coefficient (Wildman–Crippen LogP) is 2.38. The summed E-state index contributed by atoms with van der Waals surface area (Å²) in [6.45, 7) is 3.96. The lowest BCUT2D eigenvalue weighted by molar-refractivity contribution is -0.204. The summed E-state index contributed by atoms with van der Waals surface area (Å²) in [6.07, 6.45) is -7.66. The number of urea groups is 1. The van der Waals surface area contributed by atoms with Crippen molar-refractivity contribution in [2.75, 3.05) is 6.54 Å². The van der Waals surface area contributed by atoms with Gasteiger partial charge in [-0.15, -0.1) is 11.3 Å². The quantitative estimate of drug-likeness (QED) is 0.752. The normalized spacial score (nSPS) is 13.3. The van der Waals surface area contributed by atoms with Crippen LogP contribution in [-0.4, -0.2) is 34.9 Å². The summed E-state index contributed by atoms with van der Waals surface area (Å²) < 4.78 is 36.1. The molecule has 2 amide bonds. The van der Waals surface area contributed by atoms with E-state index in [1.807, 2.05) is 19.2 Å². The van der Waals surface area contributed by atoms with Crippen LogP contribution in [0.1, 0.15) is 36.9 Å². The van der Waals surface area contributed by atoms with Gasteiger partial charge < -0.3 is 15.7 Å². The Morgan fingerprint density at radius 1 is 1.43 bits per heavy atom. The number of nitrogens with zero attached hydrogens (tertiary/aromatic N) is 1. The van der Waals surface area contributed by atoms with Crippen molar-refractivity contribution in [2.45, 2.75) is 45.0 Å². The predicted molar refractivity (Wildman–Crippen MR) is 73.1 cm³/mol. The standard InChI is InChI=1S/C12H18F3N3O2S/c1-7(2)10-18-8(6-21-10)5-17-11(20)16-4-3-9(19)12(13,14)15/h6-7,9,19H,3-5H2,1-2H3,(H2,16,17,20). The molecule has 0 aliphatic heterocycles. The molecular weight excluding hydrogens is 307 g/mol. The minimum atomic E-state index is -4.66. The molecule has 21 heavy (non-hydrogen) atoms. The van der Waals surface area contributed by atoms with Crippen molar-refractivity contribution in [3.05, 3.63) is 16.1 Å². The topological polar surface area (TPSA) is 74.2 Å². The second kappa shape index (κ2) is 7.60. The number of carbonyl (C=O) groups excluding carboxylic acids is 1. The van der Waals surface area contributed by atoms with E-state index in [4.69, 9.17) is 5.11 Å². The Morgan fingerprint density at radius 2 is 2.10 bits per heavy atom. The Morgan fingerprint density at radius 3 is 2.62 bits per heavy atom. The molecule has 0 aromatic carbocycles. The van der Waals surface area contributed by atoms with Gasteiger partial charge in [-0.3, -0.25) is 0 Å². The molecule has 0 saturated heterocycles. The zero-order chi connectivity index (χ0) is 16.0. The molecule has 0 saturated carbocycles. The zero-order valence-electron chi connectivity index (χ0n) is 11.7. The average Bonchev–Trinajstić information content (AvgIpc) is 2.84. The van der Waals surface area contributed by atoms with E-state index in [1.54, 1.807) is 0 Å². The number of aromatic nitrogens is 1. The fraction of sp³-hybridized carbons (Fsp3) is 0.667. The van der Waals surface area contributed by atoms with Gasteiger partial charge in [-0.05, 0) is 6.42 Å². The molecule has 0 radical (unpaired) electrons. The summed E-state index contributed by atoms with van der Waals surface area (Å²) in [4.78, 5) is 15.7. The molecule has 3 N–H and O–H groups in total. The maximum Gasteiger partial charge on any atom is 0.414 e. The Kier molecular flexibility index (Phi) is 6.41. The maximum absolute atomic E-state index is 12.0. The molecule has 5 nitrogen and oxygen atoms in total. The summed E-state index contributed by atoms with van der Waals surface area (Å²) in [5.74, 6) is 0.307. The summed E-state index contributed by atoms with van der Waals surface area (Å²) in [5, 5.41) is 16.3. The van der Waals surface area contributed by atoms with Gasteiger partial charge >= 0.3 is 12.2 Å². The summed E-state index contributed by atoms with van der Waals surface area (Å²) in [7, 11) is 0. The highest BCUT2D eigenvalue weighted by Crippen LogP contribution is 2.21. The monoisotopic (exact) mass is 325 g/mol. The largest absolute Gasteiger partial charge is 0.414 e. The molecule has 9 heteroatoms. The summed E-state index contributed by atoms with van der Waals surface area (Å²) in [5.41, 5.74) is 0.703. The maximum atomic E-state index is 12.0. The Balaban J connectivity index is 2.25. The van der Waals surface area contributed by atoms with Crippen LogP contribution < -0.4 is 10.6 Å². The number of hydrogen-bond acceptors (Lipinski definition) is 4. The van der Waals surface area contributed by atoms with Crippen LogP contribution in [0.3, 0.4) is 0 Å². The molecule has 1 aromatic heterocycles. The number of rotatable bonds is 6. The number of amides is 2. The highest BCUT2D eigenvalue weighted by molar-refractivity contribution is 7.09. The molecule has 120 valence electrons. The molecule has 0 fully saturated rings. The lowest BCUT2D eigenvalue weighted by Gasteiger charge is -2.14. The van der Waals surface area contributed by atoms with E-state index in [2.05, 4.69) is 15.6 Å². The minimum absolute atomic E-state index is 0.205. The number of aliphatic hydroxyl groups excluding tert-OH is 1. The minimum Gasteiger partial charge on any atom is -0.384 e. The third-order valence-corrected chi connectivity index (χ3v) is 3.77. The van der Waals surface area contributed by atoms with Gasteiger partial charge in [0.25, 0.3) is 0 Å². The van der Waals surface area contributed by atoms with E-state index in [0.717, 1.165) is 5.01 Å². The molecule has 0 spiro atoms. The smallest absolute Gasteiger partial charge is 0.384 e. The first-order chi connectivity index (χ1) is 9.70. The van der Waals surface area contributed by atoms with Crippen LogP contribution in [0.4, 0.5) is 18.0 Å². The number of nitrogens with one attached hydrogen (secondary N) is 2. The van der Waals surface area contributed by atoms with Gasteiger partial charge in [0, 0.05) is 17.8 Å². The molecule has 0 bridgehead atoms. The van der Waals surface area contributed by atoms with Crippen molar-refractivity contribution in [3.8, 4) is 0 Å². The second-order valence-corrected chi connectivity index (χ2v) is 5.68. The molecule has 1 aromatic rings. The fourth-order valence-electron chi connectivity index (χ4n) is 1.39. The van der Waals surface area contributed by atoms with Crippen molar-refractivity contribution in [1.29, 1.82) is 0 Å². The molecule has 1 atom stereocenters. The molecule has 0 aliphatic carbocycles. The fourth-order valence-corrected chi connectivity index (χ4v) is 2.22. The number of hydrogen-bond donors (Lipinski definition) is 3. The molecule has 1 rings (SSSR count). The average molecular weight is 325 g/mol. The van der Waals surface area contributed by atoms with Crippen molar-refractivity contribution >= 4 is 17.4 Å². The van der Waals surface area contributed by atoms with Gasteiger partial charge in [0.05, 0.1) is 17.2 Å². The van der Waals surface area contributed by atoms with Crippen molar-refractivity contribution in [1.82, 2.24) is 15.6 Å². The molecule has 1 heterocycles. The van der Waals surface area contributed by atoms with E-state index in [0.29, 0.717) is 11.6 Å². The summed E-state index contributed by atoms with van der Waals surface area (Å²) in [6, 6.07) is -0.594. The van der Waals surface area contributed by atoms with Gasteiger partial charge in [-0.25, -0.2) is 9.78 Å². The first-order valence-corrected chi connectivity index (χ1v) is 7.29. The second-order valence-electron chi connectivity index (χ2n) is 4.79. The van der Waals surface area contributed by atoms with Crippen LogP contribution >= 0.6 is 11.3 Å². The van der Waals surface area contributed by atoms with Gasteiger partial charge in [-0.1, -0.05) is 13.8 Å². The lowest BCUT2D eigenvalue weighted by Crippen LogP contribution is -2.38. The van der Waals surface area contributed by atoms with E-state index in [-0.39, 0.29) is 13.1 Å². The van der Waals surface area contributed by atoms with E-state index >= 15 is 0 Å². The number of carbonyl (C=O) groups is 1. The van der Waals surface area contributed by atoms with E-state index in [9.17, 15) is 18.0 Å². The van der Waals surface area contributed by atoms with Crippen LogP contribution in [0.15, 0.2) is 5.38 Å². The van der Waals surface area contributed by atoms with Crippen molar-refractivity contribution in [3.63, 3.8) is 0 Å². The number of halogens is 3. The van der Waals surface area contributed by atoms with Crippen LogP contribution in [-0.2, 0) is 6.54 Å². The van der Waals surface area contributed by atoms with Gasteiger partial charge in [0.15, 0.2) is 6.10 Å². The SMILES string of the molecule is CC(C)c1nc(CNC(=O)NCCC(O)C(F)(F)F)cs1. The third kappa shape index (κ3) is 6.30. The number of thiazole rings is 1. The molecule has 1 unspecified atom stereocenters. The number of alkyl halides is 3. The first-order valence-electron chi connectivity index (χ1n) is 6.41. The van der Waals surface area contributed by atoms with E-state index < -0.39 is 24.7 Å². The molecule has 0 aliphatic rings. The van der Waals surface area contributed by atoms with Crippen molar-refractivity contribution < 1.29 is 23.1 Å². The Labute approximate surface area is 124 Å². The molecular formula is C12H18F3N3O2S. The first kappa shape index (κ1) is 17.7. The van der Waals surface area contributed by atoms with Gasteiger partial charge in [0.2, 0.25) is 0 Å². The highest BCUT2D eigenvalue weighted by Gasteiger charge is 2.37. The van der Waals surface area contributed by atoms with Crippen LogP contribution in [0.2, 0.25) is 0 Å². The Hall–Kier alpha value is -1.35. The lowest BCUT2D eigenvalue weighted by atomic mass is 10.2. The zero-order valence-corrected chi connectivity index (χ0v) is 12.5. The summed E-state index contributed by atoms with van der Waals surface area (Å²) >= 11 is 1.49. The third-order valence-electron chi connectivity index (χ3n) is 2.57. The van der Waals surface area contributed by atoms with Crippen LogP contribution in [0.25, 0.3) is 0 Å². The van der Waals surface area contributed by atoms with Crippen LogP contribution in [0, 0.1) is 0 Å². The highest BCUT2D eigenvalue weighted by atomic mass is 32.1. The van der Waals surface area contributed by atoms with Crippen molar-refractivity contribution in [2.24, 2.45) is 0 Å².